The van der Waals surface area contributed by atoms with Gasteiger partial charge in [0.25, 0.3) is 0 Å². The van der Waals surface area contributed by atoms with Gasteiger partial charge in [0.05, 0.1) is 12.6 Å². The second kappa shape index (κ2) is 4.24. The molecule has 0 radical (unpaired) electrons. The Morgan fingerprint density at radius 1 is 1.47 bits per heavy atom. The molecule has 0 unspecified atom stereocenters. The van der Waals surface area contributed by atoms with Gasteiger partial charge in [0.1, 0.15) is 0 Å². The molecule has 0 fully saturated rings. The van der Waals surface area contributed by atoms with Gasteiger partial charge in [-0.15, -0.1) is 0 Å². The van der Waals surface area contributed by atoms with E-state index in [-0.39, 0.29) is 0 Å². The first-order valence-electron chi connectivity index (χ1n) is 4.62. The predicted octanol–water partition coefficient (Wildman–Crippen LogP) is 1.97. The van der Waals surface area contributed by atoms with Crippen LogP contribution >= 0.6 is 0 Å². The second-order valence-electron chi connectivity index (χ2n) is 3.80. The molecule has 0 aliphatic rings. The zero-order valence-electron chi connectivity index (χ0n) is 9.37. The molecule has 1 aromatic heterocycles. The topological polar surface area (TPSA) is 51.5 Å². The van der Waals surface area contributed by atoms with Crippen LogP contribution in [-0.2, 0) is 10.3 Å². The van der Waals surface area contributed by atoms with E-state index in [1.54, 1.807) is 19.3 Å². The fourth-order valence-corrected chi connectivity index (χ4v) is 1.27. The van der Waals surface area contributed by atoms with Crippen LogP contribution in [0.4, 0.5) is 0 Å². The van der Waals surface area contributed by atoms with Gasteiger partial charge < -0.3 is 4.74 Å². The van der Waals surface area contributed by atoms with Gasteiger partial charge in [0, 0.05) is 11.8 Å². The van der Waals surface area contributed by atoms with Gasteiger partial charge in [-0.25, -0.2) is 9.78 Å². The number of hydrogen-bond acceptors (Lipinski definition) is 4. The van der Waals surface area contributed by atoms with Crippen molar-refractivity contribution in [3.63, 3.8) is 0 Å². The van der Waals surface area contributed by atoms with Gasteiger partial charge in [-0.1, -0.05) is 0 Å². The first kappa shape index (κ1) is 11.4. The van der Waals surface area contributed by atoms with Crippen molar-refractivity contribution in [1.29, 1.82) is 0 Å². The van der Waals surface area contributed by atoms with Crippen molar-refractivity contribution in [2.24, 2.45) is 4.99 Å². The molecule has 0 saturated heterocycles. The Morgan fingerprint density at radius 3 is 2.67 bits per heavy atom. The maximum atomic E-state index is 10.3. The lowest BCUT2D eigenvalue weighted by Crippen LogP contribution is -2.14. The summed E-state index contributed by atoms with van der Waals surface area (Å²) in [6.07, 6.45) is 1.58. The van der Waals surface area contributed by atoms with E-state index in [2.05, 4.69) is 9.98 Å². The van der Waals surface area contributed by atoms with Gasteiger partial charge in [0.2, 0.25) is 12.0 Å². The summed E-state index contributed by atoms with van der Waals surface area (Å²) in [6, 6.07) is 3.65. The fourth-order valence-electron chi connectivity index (χ4n) is 1.27. The molecule has 0 aliphatic heterocycles. The zero-order valence-corrected chi connectivity index (χ0v) is 9.37. The molecule has 0 saturated carbocycles. The molecule has 4 heteroatoms. The van der Waals surface area contributed by atoms with Crippen molar-refractivity contribution < 1.29 is 9.53 Å². The summed E-state index contributed by atoms with van der Waals surface area (Å²) >= 11 is 0. The van der Waals surface area contributed by atoms with Gasteiger partial charge >= 0.3 is 0 Å². The number of pyridine rings is 1. The standard InChI is InChI=1S/C11H14N2O2/c1-8-5-9(6-10(13-8)15-4)11(2,3)12-7-14/h5-6H,1-4H3. The number of methoxy groups -OCH3 is 1. The highest BCUT2D eigenvalue weighted by molar-refractivity contribution is 5.38. The number of rotatable bonds is 3. The minimum atomic E-state index is -0.595. The molecule has 80 valence electrons. The average Bonchev–Trinajstić information content (AvgIpc) is 2.16. The number of aryl methyl sites for hydroxylation is 1. The summed E-state index contributed by atoms with van der Waals surface area (Å²) in [6.45, 7) is 5.55. The van der Waals surface area contributed by atoms with Crippen LogP contribution in [0.5, 0.6) is 5.88 Å². The van der Waals surface area contributed by atoms with Gasteiger partial charge in [-0.2, -0.15) is 4.99 Å². The van der Waals surface area contributed by atoms with Crippen LogP contribution in [0.15, 0.2) is 17.1 Å². The molecule has 0 amide bonds. The third-order valence-electron chi connectivity index (χ3n) is 2.17. The maximum absolute atomic E-state index is 10.3. The second-order valence-corrected chi connectivity index (χ2v) is 3.80. The van der Waals surface area contributed by atoms with Crippen molar-refractivity contribution in [2.75, 3.05) is 7.11 Å². The number of ether oxygens (including phenoxy) is 1. The first-order chi connectivity index (χ1) is 6.99. The summed E-state index contributed by atoms with van der Waals surface area (Å²) in [7, 11) is 1.56. The van der Waals surface area contributed by atoms with E-state index in [1.165, 1.54) is 0 Å². The quantitative estimate of drug-likeness (QED) is 0.561. The number of aromatic nitrogens is 1. The van der Waals surface area contributed by atoms with Crippen LogP contribution in [0.2, 0.25) is 0 Å². The van der Waals surface area contributed by atoms with Crippen LogP contribution in [-0.4, -0.2) is 18.2 Å². The third-order valence-corrected chi connectivity index (χ3v) is 2.17. The highest BCUT2D eigenvalue weighted by Gasteiger charge is 2.20. The lowest BCUT2D eigenvalue weighted by atomic mass is 9.95. The number of isocyanates is 1. The predicted molar refractivity (Wildman–Crippen MR) is 56.7 cm³/mol. The first-order valence-corrected chi connectivity index (χ1v) is 4.62. The molecular weight excluding hydrogens is 192 g/mol. The summed E-state index contributed by atoms with van der Waals surface area (Å²) in [4.78, 5) is 18.2. The molecule has 1 aromatic rings. The molecule has 1 heterocycles. The zero-order chi connectivity index (χ0) is 11.5. The van der Waals surface area contributed by atoms with E-state index in [0.717, 1.165) is 11.3 Å². The monoisotopic (exact) mass is 206 g/mol. The third kappa shape index (κ3) is 2.64. The number of hydrogen-bond donors (Lipinski definition) is 0. The summed E-state index contributed by atoms with van der Waals surface area (Å²) in [5.74, 6) is 0.527. The molecule has 0 aromatic carbocycles. The molecule has 0 spiro atoms. The van der Waals surface area contributed by atoms with Crippen molar-refractivity contribution in [3.05, 3.63) is 23.4 Å². The molecule has 15 heavy (non-hydrogen) atoms. The molecule has 0 bridgehead atoms. The van der Waals surface area contributed by atoms with Crippen LogP contribution in [0.3, 0.4) is 0 Å². The average molecular weight is 206 g/mol. The fraction of sp³-hybridized carbons (Fsp3) is 0.455. The van der Waals surface area contributed by atoms with Crippen LogP contribution in [0, 0.1) is 6.92 Å². The minimum absolute atomic E-state index is 0.527. The maximum Gasteiger partial charge on any atom is 0.235 e. The van der Waals surface area contributed by atoms with E-state index in [1.807, 2.05) is 26.8 Å². The van der Waals surface area contributed by atoms with E-state index in [9.17, 15) is 4.79 Å². The summed E-state index contributed by atoms with van der Waals surface area (Å²) in [5, 5.41) is 0. The van der Waals surface area contributed by atoms with E-state index < -0.39 is 5.54 Å². The molecule has 0 aliphatic carbocycles. The van der Waals surface area contributed by atoms with Crippen LogP contribution in [0.25, 0.3) is 0 Å². The Balaban J connectivity index is 3.24. The Bertz CT molecular complexity index is 407. The molecule has 0 atom stereocenters. The van der Waals surface area contributed by atoms with Crippen molar-refractivity contribution in [2.45, 2.75) is 26.3 Å². The Hall–Kier alpha value is -1.67. The Morgan fingerprint density at radius 2 is 2.13 bits per heavy atom. The Labute approximate surface area is 89.0 Å². The molecule has 4 nitrogen and oxygen atoms in total. The Kier molecular flexibility index (Phi) is 3.22. The lowest BCUT2D eigenvalue weighted by Gasteiger charge is -2.18. The van der Waals surface area contributed by atoms with Crippen LogP contribution < -0.4 is 4.74 Å². The molecular formula is C11H14N2O2. The summed E-state index contributed by atoms with van der Waals surface area (Å²) in [5.41, 5.74) is 1.12. The number of nitrogens with zero attached hydrogens (tertiary/aromatic N) is 2. The van der Waals surface area contributed by atoms with Crippen LogP contribution in [0.1, 0.15) is 25.1 Å². The van der Waals surface area contributed by atoms with E-state index in [4.69, 9.17) is 4.74 Å². The SMILES string of the molecule is COc1cc(C(C)(C)N=C=O)cc(C)n1. The number of aliphatic imine (C=N–C) groups is 1. The van der Waals surface area contributed by atoms with Gasteiger partial charge in [0.15, 0.2) is 0 Å². The van der Waals surface area contributed by atoms with Gasteiger partial charge in [-0.05, 0) is 32.4 Å². The van der Waals surface area contributed by atoms with E-state index >= 15 is 0 Å². The summed E-state index contributed by atoms with van der Waals surface area (Å²) < 4.78 is 5.06. The minimum Gasteiger partial charge on any atom is -0.481 e. The molecule has 0 N–H and O–H groups in total. The lowest BCUT2D eigenvalue weighted by molar-refractivity contribution is 0.394. The highest BCUT2D eigenvalue weighted by Crippen LogP contribution is 2.26. The largest absolute Gasteiger partial charge is 0.481 e. The van der Waals surface area contributed by atoms with Gasteiger partial charge in [-0.3, -0.25) is 0 Å². The molecule has 1 rings (SSSR count). The van der Waals surface area contributed by atoms with Crippen molar-refractivity contribution in [3.8, 4) is 5.88 Å². The normalized spacial score (nSPS) is 10.7. The van der Waals surface area contributed by atoms with Crippen molar-refractivity contribution >= 4 is 6.08 Å². The smallest absolute Gasteiger partial charge is 0.235 e. The van der Waals surface area contributed by atoms with Crippen molar-refractivity contribution in [1.82, 2.24) is 4.98 Å². The highest BCUT2D eigenvalue weighted by atomic mass is 16.5. The number of carbonyl (C=O) groups excluding carboxylic acids is 1. The van der Waals surface area contributed by atoms with E-state index in [0.29, 0.717) is 5.88 Å².